The molecule has 1 aromatic rings. The van der Waals surface area contributed by atoms with Gasteiger partial charge in [0.15, 0.2) is 38.8 Å². The van der Waals surface area contributed by atoms with Gasteiger partial charge in [-0.3, -0.25) is 62.4 Å². The summed E-state index contributed by atoms with van der Waals surface area (Å²) in [7, 11) is 3.70. The third kappa shape index (κ3) is 12.1. The molecule has 3 rings (SSSR count). The van der Waals surface area contributed by atoms with Crippen molar-refractivity contribution in [3.05, 3.63) is 29.8 Å². The second-order valence-electron chi connectivity index (χ2n) is 13.3. The van der Waals surface area contributed by atoms with E-state index in [1.807, 2.05) is 0 Å². The number of rotatable bonds is 25. The smallest absolute Gasteiger partial charge is 0.250 e. The van der Waals surface area contributed by atoms with E-state index < -0.39 is 92.3 Å². The number of carbonyl (C=O) groups is 12. The van der Waals surface area contributed by atoms with E-state index in [2.05, 4.69) is 21.3 Å². The van der Waals surface area contributed by atoms with Crippen LogP contribution in [0.4, 0.5) is 5.69 Å². The fourth-order valence-electron chi connectivity index (χ4n) is 5.98. The predicted octanol–water partition coefficient (Wildman–Crippen LogP) is 0.134. The average molecular weight is 864 g/mol. The number of aryl methyl sites for hydroxylation is 1. The summed E-state index contributed by atoms with van der Waals surface area (Å²) in [5.74, 6) is -9.07. The standard InChI is InChI=1S/C37H45N5O13S3/c1-20(43)36(21(2)44,22(3)45)34(53)26(19-56-27-16-33(52)42(35(27)54)15-13-28(47)37(23(4)46)57-58-37)41-32(51)18-55-17-31(50)40-25-9-6-24(7-10-25)8-11-30(49)39-14-12-29(48)38-5/h6-7,9-10,26-27H,8,11-19H2,1-5H3,(H,38,48)(H,39,49)(H,40,50)(H,41,51). The molecule has 1 aromatic carbocycles. The molecule has 314 valence electrons. The molecule has 58 heavy (non-hydrogen) atoms. The lowest BCUT2D eigenvalue weighted by Gasteiger charge is -2.29. The highest BCUT2D eigenvalue weighted by molar-refractivity contribution is 8.94. The van der Waals surface area contributed by atoms with E-state index in [9.17, 15) is 57.5 Å². The first-order valence-electron chi connectivity index (χ1n) is 18.0. The molecule has 0 saturated carbocycles. The quantitative estimate of drug-likeness (QED) is 0.0441. The normalized spacial score (nSPS) is 16.2. The summed E-state index contributed by atoms with van der Waals surface area (Å²) in [4.78, 5) is 152. The van der Waals surface area contributed by atoms with E-state index in [0.29, 0.717) is 12.1 Å². The lowest BCUT2D eigenvalue weighted by molar-refractivity contribution is -0.155. The van der Waals surface area contributed by atoms with Crippen molar-refractivity contribution in [1.82, 2.24) is 20.9 Å². The Morgan fingerprint density at radius 3 is 2.00 bits per heavy atom. The number of anilines is 1. The summed E-state index contributed by atoms with van der Waals surface area (Å²) in [6, 6.07) is 4.88. The lowest BCUT2D eigenvalue weighted by Crippen LogP contribution is -2.58. The summed E-state index contributed by atoms with van der Waals surface area (Å²) in [5, 5.41) is 8.95. The molecule has 0 bridgehead atoms. The molecule has 2 heterocycles. The average Bonchev–Trinajstić information content (AvgIpc) is 3.93. The number of Topliss-reactive ketones (excluding diaryl/α,β-unsaturated/α-hetero) is 6. The molecular weight excluding hydrogens is 819 g/mol. The van der Waals surface area contributed by atoms with Crippen molar-refractivity contribution in [2.45, 2.75) is 75.2 Å². The summed E-state index contributed by atoms with van der Waals surface area (Å²) in [6.07, 6.45) is 0.178. The summed E-state index contributed by atoms with van der Waals surface area (Å²) in [5.41, 5.74) is -1.57. The molecule has 2 aliphatic heterocycles. The molecule has 0 aliphatic carbocycles. The molecule has 2 unspecified atom stereocenters. The minimum absolute atomic E-state index is 0.166. The van der Waals surface area contributed by atoms with Gasteiger partial charge in [0.25, 0.3) is 0 Å². The van der Waals surface area contributed by atoms with Crippen LogP contribution < -0.4 is 21.3 Å². The van der Waals surface area contributed by atoms with Gasteiger partial charge in [0.1, 0.15) is 13.2 Å². The number of hydrogen-bond acceptors (Lipinski definition) is 16. The van der Waals surface area contributed by atoms with Gasteiger partial charge in [-0.1, -0.05) is 33.7 Å². The van der Waals surface area contributed by atoms with Gasteiger partial charge in [-0.2, -0.15) is 0 Å². The van der Waals surface area contributed by atoms with Gasteiger partial charge in [0, 0.05) is 57.3 Å². The number of ketones is 6. The second-order valence-corrected chi connectivity index (χ2v) is 17.4. The maximum atomic E-state index is 13.9. The Morgan fingerprint density at radius 2 is 1.45 bits per heavy atom. The van der Waals surface area contributed by atoms with Crippen molar-refractivity contribution < 1.29 is 62.3 Å². The van der Waals surface area contributed by atoms with Crippen LogP contribution in [0, 0.1) is 5.41 Å². The van der Waals surface area contributed by atoms with Gasteiger partial charge in [0.05, 0.1) is 11.3 Å². The highest BCUT2D eigenvalue weighted by Gasteiger charge is 2.57. The maximum absolute atomic E-state index is 13.9. The Labute approximate surface area is 346 Å². The van der Waals surface area contributed by atoms with Crippen LogP contribution in [0.3, 0.4) is 0 Å². The number of likely N-dealkylation sites (tertiary alicyclic amines) is 1. The highest BCUT2D eigenvalue weighted by Crippen LogP contribution is 2.66. The van der Waals surface area contributed by atoms with Gasteiger partial charge < -0.3 is 26.0 Å². The van der Waals surface area contributed by atoms with E-state index in [4.69, 9.17) is 4.74 Å². The van der Waals surface area contributed by atoms with Crippen LogP contribution in [0.2, 0.25) is 0 Å². The van der Waals surface area contributed by atoms with Gasteiger partial charge >= 0.3 is 0 Å². The van der Waals surface area contributed by atoms with E-state index in [0.717, 1.165) is 64.6 Å². The number of thioether (sulfide) groups is 1. The van der Waals surface area contributed by atoms with E-state index in [1.165, 1.54) is 14.0 Å². The Balaban J connectivity index is 1.58. The Morgan fingerprint density at radius 1 is 0.845 bits per heavy atom. The Hall–Kier alpha value is -4.73. The van der Waals surface area contributed by atoms with Crippen molar-refractivity contribution in [3.63, 3.8) is 0 Å². The summed E-state index contributed by atoms with van der Waals surface area (Å²) < 4.78 is 3.99. The molecular formula is C37H45N5O13S3. The zero-order chi connectivity index (χ0) is 43.4. The maximum Gasteiger partial charge on any atom is 0.250 e. The van der Waals surface area contributed by atoms with Crippen LogP contribution in [0.5, 0.6) is 0 Å². The van der Waals surface area contributed by atoms with Crippen molar-refractivity contribution in [3.8, 4) is 0 Å². The van der Waals surface area contributed by atoms with Crippen LogP contribution in [-0.4, -0.2) is 130 Å². The Kier molecular flexibility index (Phi) is 17.5. The van der Waals surface area contributed by atoms with Crippen LogP contribution >= 0.6 is 33.3 Å². The largest absolute Gasteiger partial charge is 0.362 e. The van der Waals surface area contributed by atoms with Crippen LogP contribution in [-0.2, 0) is 68.7 Å². The molecule has 2 saturated heterocycles. The van der Waals surface area contributed by atoms with E-state index in [1.54, 1.807) is 24.3 Å². The van der Waals surface area contributed by atoms with Gasteiger partial charge in [-0.25, -0.2) is 0 Å². The molecule has 4 N–H and O–H groups in total. The van der Waals surface area contributed by atoms with Crippen molar-refractivity contribution >= 4 is 109 Å². The Bertz CT molecular complexity index is 1830. The number of nitrogens with one attached hydrogen (secondary N) is 4. The number of hydrogen-bond donors (Lipinski definition) is 4. The first-order valence-corrected chi connectivity index (χ1v) is 21.2. The van der Waals surface area contributed by atoms with Crippen LogP contribution in [0.1, 0.15) is 58.9 Å². The molecule has 18 nitrogen and oxygen atoms in total. The lowest BCUT2D eigenvalue weighted by atomic mass is 9.71. The van der Waals surface area contributed by atoms with Crippen molar-refractivity contribution in [2.24, 2.45) is 5.41 Å². The van der Waals surface area contributed by atoms with Gasteiger partial charge in [-0.15, -0.1) is 11.8 Å². The third-order valence-electron chi connectivity index (χ3n) is 9.21. The molecule has 2 atom stereocenters. The topological polar surface area (TPSA) is 265 Å². The van der Waals surface area contributed by atoms with Gasteiger partial charge in [-0.05, 0) is 51.8 Å². The fraction of sp³-hybridized carbons (Fsp3) is 0.514. The zero-order valence-electron chi connectivity index (χ0n) is 32.5. The predicted molar refractivity (Wildman–Crippen MR) is 213 cm³/mol. The first-order chi connectivity index (χ1) is 27.3. The van der Waals surface area contributed by atoms with Gasteiger partial charge in [0.2, 0.25) is 40.9 Å². The minimum atomic E-state index is -2.76. The molecule has 2 fully saturated rings. The highest BCUT2D eigenvalue weighted by atomic mass is 33.2. The second kappa shape index (κ2) is 21.3. The molecule has 0 aromatic heterocycles. The van der Waals surface area contributed by atoms with Crippen molar-refractivity contribution in [1.29, 1.82) is 0 Å². The monoisotopic (exact) mass is 863 g/mol. The molecule has 6 amide bonds. The number of imide groups is 1. The number of carbonyl (C=O) groups excluding carboxylic acids is 12. The number of amides is 6. The van der Waals surface area contributed by atoms with E-state index >= 15 is 0 Å². The summed E-state index contributed by atoms with van der Waals surface area (Å²) >= 11 is 0.759. The summed E-state index contributed by atoms with van der Waals surface area (Å²) in [6.45, 7) is 2.48. The first kappa shape index (κ1) is 47.6. The number of nitrogens with zero attached hydrogens (tertiary/aromatic N) is 1. The minimum Gasteiger partial charge on any atom is -0.362 e. The molecule has 21 heteroatoms. The SMILES string of the molecule is CNC(=O)CCNC(=O)CCc1ccc(NC(=O)COCC(=O)NC(CSC2CC(=O)N(CCC(=O)C3(C(C)=O)SS3)C2=O)C(=O)C(C(C)=O)(C(C)=O)C(C)=O)cc1. The van der Waals surface area contributed by atoms with Crippen molar-refractivity contribution in [2.75, 3.05) is 44.4 Å². The van der Waals surface area contributed by atoms with Crippen LogP contribution in [0.25, 0.3) is 0 Å². The van der Waals surface area contributed by atoms with E-state index in [-0.39, 0.29) is 56.4 Å². The zero-order valence-corrected chi connectivity index (χ0v) is 35.0. The molecule has 0 spiro atoms. The van der Waals surface area contributed by atoms with Crippen LogP contribution in [0.15, 0.2) is 24.3 Å². The third-order valence-corrected chi connectivity index (χ3v) is 13.5. The fourth-order valence-corrected chi connectivity index (χ4v) is 9.39. The number of ether oxygens (including phenoxy) is 1. The molecule has 0 radical (unpaired) electrons. The number of benzene rings is 1. The molecule has 2 aliphatic rings.